The largest absolute Gasteiger partial charge is 0.381 e. The first-order chi connectivity index (χ1) is 9.63. The SMILES string of the molecule is CCNC1CC(C)CC(C)C1CN1CCC(OC)CC1. The number of methoxy groups -OCH3 is 1. The van der Waals surface area contributed by atoms with Gasteiger partial charge in [-0.25, -0.2) is 0 Å². The van der Waals surface area contributed by atoms with E-state index in [1.54, 1.807) is 0 Å². The van der Waals surface area contributed by atoms with Crippen LogP contribution in [0.25, 0.3) is 0 Å². The molecule has 3 nitrogen and oxygen atoms in total. The highest BCUT2D eigenvalue weighted by atomic mass is 16.5. The Morgan fingerprint density at radius 3 is 2.45 bits per heavy atom. The minimum Gasteiger partial charge on any atom is -0.381 e. The minimum atomic E-state index is 0.500. The van der Waals surface area contributed by atoms with Crippen molar-refractivity contribution in [3.05, 3.63) is 0 Å². The lowest BCUT2D eigenvalue weighted by Gasteiger charge is -2.43. The van der Waals surface area contributed by atoms with Crippen molar-refractivity contribution in [1.82, 2.24) is 10.2 Å². The van der Waals surface area contributed by atoms with Gasteiger partial charge in [0.1, 0.15) is 0 Å². The Labute approximate surface area is 125 Å². The van der Waals surface area contributed by atoms with Gasteiger partial charge in [0.15, 0.2) is 0 Å². The summed E-state index contributed by atoms with van der Waals surface area (Å²) < 4.78 is 5.49. The highest BCUT2D eigenvalue weighted by Gasteiger charge is 2.35. The summed E-state index contributed by atoms with van der Waals surface area (Å²) in [7, 11) is 1.85. The van der Waals surface area contributed by atoms with Gasteiger partial charge in [0.25, 0.3) is 0 Å². The monoisotopic (exact) mass is 282 g/mol. The van der Waals surface area contributed by atoms with Crippen LogP contribution in [0.5, 0.6) is 0 Å². The van der Waals surface area contributed by atoms with E-state index in [1.165, 1.54) is 45.3 Å². The predicted octanol–water partition coefficient (Wildman–Crippen LogP) is 2.76. The number of nitrogens with one attached hydrogen (secondary N) is 1. The lowest BCUT2D eigenvalue weighted by molar-refractivity contribution is 0.0239. The molecule has 4 unspecified atom stereocenters. The molecule has 0 radical (unpaired) electrons. The molecule has 4 atom stereocenters. The van der Waals surface area contributed by atoms with E-state index in [2.05, 4.69) is 31.0 Å². The summed E-state index contributed by atoms with van der Waals surface area (Å²) in [6.07, 6.45) is 5.68. The summed E-state index contributed by atoms with van der Waals surface area (Å²) >= 11 is 0. The van der Waals surface area contributed by atoms with Crippen LogP contribution in [0.2, 0.25) is 0 Å². The summed E-state index contributed by atoms with van der Waals surface area (Å²) in [4.78, 5) is 2.68. The van der Waals surface area contributed by atoms with Crippen LogP contribution >= 0.6 is 0 Å². The molecule has 2 aliphatic rings. The molecule has 0 bridgehead atoms. The molecule has 20 heavy (non-hydrogen) atoms. The number of nitrogens with zero attached hydrogens (tertiary/aromatic N) is 1. The number of hydrogen-bond donors (Lipinski definition) is 1. The van der Waals surface area contributed by atoms with E-state index < -0.39 is 0 Å². The average Bonchev–Trinajstić information content (AvgIpc) is 2.43. The van der Waals surface area contributed by atoms with Crippen LogP contribution in [0.15, 0.2) is 0 Å². The van der Waals surface area contributed by atoms with Gasteiger partial charge in [-0.2, -0.15) is 0 Å². The van der Waals surface area contributed by atoms with Crippen molar-refractivity contribution in [1.29, 1.82) is 0 Å². The lowest BCUT2D eigenvalue weighted by atomic mass is 9.72. The molecule has 0 amide bonds. The Hall–Kier alpha value is -0.120. The molecule has 0 aromatic carbocycles. The summed E-state index contributed by atoms with van der Waals surface area (Å²) in [5.41, 5.74) is 0. The predicted molar refractivity (Wildman–Crippen MR) is 85.0 cm³/mol. The van der Waals surface area contributed by atoms with Crippen molar-refractivity contribution in [2.75, 3.05) is 33.3 Å². The standard InChI is InChI=1S/C17H34N2O/c1-5-18-17-11-13(2)10-14(3)16(17)12-19-8-6-15(20-4)7-9-19/h13-18H,5-12H2,1-4H3. The maximum atomic E-state index is 5.49. The van der Waals surface area contributed by atoms with E-state index >= 15 is 0 Å². The molecule has 3 heteroatoms. The summed E-state index contributed by atoms with van der Waals surface area (Å²) in [6.45, 7) is 11.9. The third-order valence-electron chi connectivity index (χ3n) is 5.48. The van der Waals surface area contributed by atoms with Gasteiger partial charge in [-0.15, -0.1) is 0 Å². The van der Waals surface area contributed by atoms with Crippen LogP contribution in [0.1, 0.15) is 46.5 Å². The molecule has 1 heterocycles. The number of ether oxygens (including phenoxy) is 1. The highest BCUT2D eigenvalue weighted by molar-refractivity contribution is 4.90. The van der Waals surface area contributed by atoms with Gasteiger partial charge in [0, 0.05) is 32.8 Å². The van der Waals surface area contributed by atoms with Gasteiger partial charge >= 0.3 is 0 Å². The second-order valence-corrected chi connectivity index (χ2v) is 7.12. The molecule has 118 valence electrons. The van der Waals surface area contributed by atoms with E-state index in [1.807, 2.05) is 7.11 Å². The van der Waals surface area contributed by atoms with Gasteiger partial charge in [-0.1, -0.05) is 20.8 Å². The van der Waals surface area contributed by atoms with Crippen molar-refractivity contribution in [2.24, 2.45) is 17.8 Å². The van der Waals surface area contributed by atoms with E-state index in [0.29, 0.717) is 6.10 Å². The van der Waals surface area contributed by atoms with Gasteiger partial charge < -0.3 is 15.0 Å². The molecule has 1 aliphatic carbocycles. The van der Waals surface area contributed by atoms with Gasteiger partial charge in [-0.05, 0) is 50.0 Å². The zero-order valence-electron chi connectivity index (χ0n) is 13.9. The van der Waals surface area contributed by atoms with Crippen LogP contribution < -0.4 is 5.32 Å². The zero-order chi connectivity index (χ0) is 14.5. The molecular formula is C17H34N2O. The fourth-order valence-corrected chi connectivity index (χ4v) is 4.34. The molecule has 2 rings (SSSR count). The minimum absolute atomic E-state index is 0.500. The number of hydrogen-bond acceptors (Lipinski definition) is 3. The average molecular weight is 282 g/mol. The molecule has 1 N–H and O–H groups in total. The van der Waals surface area contributed by atoms with Crippen molar-refractivity contribution in [2.45, 2.75) is 58.6 Å². The molecule has 0 aromatic heterocycles. The first-order valence-corrected chi connectivity index (χ1v) is 8.62. The molecule has 2 fully saturated rings. The molecular weight excluding hydrogens is 248 g/mol. The van der Waals surface area contributed by atoms with Crippen LogP contribution in [0.3, 0.4) is 0 Å². The van der Waals surface area contributed by atoms with Gasteiger partial charge in [0.05, 0.1) is 6.10 Å². The van der Waals surface area contributed by atoms with Crippen molar-refractivity contribution >= 4 is 0 Å². The number of likely N-dealkylation sites (tertiary alicyclic amines) is 1. The third kappa shape index (κ3) is 4.19. The Kier molecular flexibility index (Phi) is 6.31. The second-order valence-electron chi connectivity index (χ2n) is 7.12. The Balaban J connectivity index is 1.88. The molecule has 1 saturated heterocycles. The maximum absolute atomic E-state index is 5.49. The summed E-state index contributed by atoms with van der Waals surface area (Å²) in [5.74, 6) is 2.55. The lowest BCUT2D eigenvalue weighted by Crippen LogP contribution is -2.50. The van der Waals surface area contributed by atoms with Crippen molar-refractivity contribution in [3.8, 4) is 0 Å². The zero-order valence-corrected chi connectivity index (χ0v) is 13.9. The fourth-order valence-electron chi connectivity index (χ4n) is 4.34. The first-order valence-electron chi connectivity index (χ1n) is 8.62. The second kappa shape index (κ2) is 7.77. The molecule has 0 spiro atoms. The smallest absolute Gasteiger partial charge is 0.0595 e. The van der Waals surface area contributed by atoms with E-state index in [0.717, 1.165) is 30.3 Å². The Bertz CT molecular complexity index is 276. The highest BCUT2D eigenvalue weighted by Crippen LogP contribution is 2.34. The fraction of sp³-hybridized carbons (Fsp3) is 1.00. The maximum Gasteiger partial charge on any atom is 0.0595 e. The van der Waals surface area contributed by atoms with Crippen LogP contribution in [0.4, 0.5) is 0 Å². The van der Waals surface area contributed by atoms with Crippen LogP contribution in [-0.4, -0.2) is 50.3 Å². The van der Waals surface area contributed by atoms with Crippen LogP contribution in [-0.2, 0) is 4.74 Å². The number of rotatable bonds is 5. The summed E-state index contributed by atoms with van der Waals surface area (Å²) in [5, 5.41) is 3.75. The third-order valence-corrected chi connectivity index (χ3v) is 5.48. The molecule has 1 aliphatic heterocycles. The molecule has 0 aromatic rings. The van der Waals surface area contributed by atoms with Crippen molar-refractivity contribution < 1.29 is 4.74 Å². The van der Waals surface area contributed by atoms with E-state index in [9.17, 15) is 0 Å². The van der Waals surface area contributed by atoms with E-state index in [4.69, 9.17) is 4.74 Å². The quantitative estimate of drug-likeness (QED) is 0.839. The Morgan fingerprint density at radius 2 is 1.85 bits per heavy atom. The normalized spacial score (nSPS) is 37.2. The van der Waals surface area contributed by atoms with E-state index in [-0.39, 0.29) is 0 Å². The Morgan fingerprint density at radius 1 is 1.15 bits per heavy atom. The van der Waals surface area contributed by atoms with Gasteiger partial charge in [-0.3, -0.25) is 0 Å². The van der Waals surface area contributed by atoms with Crippen LogP contribution in [0, 0.1) is 17.8 Å². The van der Waals surface area contributed by atoms with Crippen molar-refractivity contribution in [3.63, 3.8) is 0 Å². The number of piperidine rings is 1. The first kappa shape index (κ1) is 16.3. The molecule has 1 saturated carbocycles. The van der Waals surface area contributed by atoms with Gasteiger partial charge in [0.2, 0.25) is 0 Å². The summed E-state index contributed by atoms with van der Waals surface area (Å²) in [6, 6.07) is 0.721. The topological polar surface area (TPSA) is 24.5 Å².